The lowest BCUT2D eigenvalue weighted by molar-refractivity contribution is -0.108. The van der Waals surface area contributed by atoms with Gasteiger partial charge in [-0.1, -0.05) is 0 Å². The number of sulfonamides is 1. The highest BCUT2D eigenvalue weighted by Gasteiger charge is 2.34. The van der Waals surface area contributed by atoms with E-state index in [2.05, 4.69) is 0 Å². The Balaban J connectivity index is 1.59. The summed E-state index contributed by atoms with van der Waals surface area (Å²) < 4.78 is 49.0. The Labute approximate surface area is 181 Å². The van der Waals surface area contributed by atoms with E-state index in [0.29, 0.717) is 25.3 Å². The highest BCUT2D eigenvalue weighted by molar-refractivity contribution is 7.89. The van der Waals surface area contributed by atoms with Crippen LogP contribution in [0.25, 0.3) is 10.9 Å². The molecule has 0 bridgehead atoms. The first kappa shape index (κ1) is 21.5. The fraction of sp³-hybridized carbons (Fsp3) is 0.348. The molecular formula is C23H25FN2O4S. The maximum Gasteiger partial charge on any atom is 0.243 e. The number of nitrogens with zero attached hydrogens (tertiary/aromatic N) is 2. The van der Waals surface area contributed by atoms with Gasteiger partial charge in [0.25, 0.3) is 0 Å². The van der Waals surface area contributed by atoms with Crippen LogP contribution in [0.5, 0.6) is 5.75 Å². The van der Waals surface area contributed by atoms with E-state index >= 15 is 0 Å². The number of hydrogen-bond acceptors (Lipinski definition) is 4. The molecule has 0 spiro atoms. The van der Waals surface area contributed by atoms with Crippen LogP contribution in [-0.4, -0.2) is 42.8 Å². The van der Waals surface area contributed by atoms with Crippen molar-refractivity contribution in [3.8, 4) is 5.75 Å². The number of aromatic nitrogens is 1. The molecule has 3 aromatic rings. The Hall–Kier alpha value is -2.71. The van der Waals surface area contributed by atoms with Gasteiger partial charge in [0.2, 0.25) is 10.0 Å². The van der Waals surface area contributed by atoms with Crippen molar-refractivity contribution >= 4 is 27.2 Å². The summed E-state index contributed by atoms with van der Waals surface area (Å²) in [5.74, 6) is 0.192. The van der Waals surface area contributed by atoms with Crippen molar-refractivity contribution in [3.05, 3.63) is 60.0 Å². The average molecular weight is 445 g/mol. The van der Waals surface area contributed by atoms with Crippen LogP contribution < -0.4 is 4.74 Å². The molecule has 8 heteroatoms. The predicted molar refractivity (Wildman–Crippen MR) is 116 cm³/mol. The number of hydrogen-bond donors (Lipinski definition) is 0. The minimum absolute atomic E-state index is 0.00739. The number of ether oxygens (including phenoxy) is 1. The molecule has 1 aliphatic rings. The van der Waals surface area contributed by atoms with Crippen LogP contribution in [0.1, 0.15) is 31.7 Å². The maximum atomic E-state index is 13.9. The Bertz CT molecular complexity index is 1200. The summed E-state index contributed by atoms with van der Waals surface area (Å²) in [5.41, 5.74) is 1.64. The van der Waals surface area contributed by atoms with Crippen LogP contribution in [0.2, 0.25) is 0 Å². The van der Waals surface area contributed by atoms with E-state index < -0.39 is 10.0 Å². The molecule has 31 heavy (non-hydrogen) atoms. The second-order valence-corrected chi connectivity index (χ2v) is 9.99. The number of carbonyl (C=O) groups excluding carboxylic acids is 1. The molecule has 2 heterocycles. The quantitative estimate of drug-likeness (QED) is 0.518. The van der Waals surface area contributed by atoms with Crippen molar-refractivity contribution in [3.63, 3.8) is 0 Å². The first-order valence-electron chi connectivity index (χ1n) is 10.3. The number of carbonyl (C=O) groups is 1. The van der Waals surface area contributed by atoms with Crippen molar-refractivity contribution in [2.75, 3.05) is 13.1 Å². The predicted octanol–water partition coefficient (Wildman–Crippen LogP) is 3.94. The van der Waals surface area contributed by atoms with Crippen molar-refractivity contribution in [2.45, 2.75) is 43.7 Å². The number of rotatable bonds is 7. The van der Waals surface area contributed by atoms with E-state index in [-0.39, 0.29) is 29.3 Å². The number of aldehydes is 1. The Morgan fingerprint density at radius 1 is 1.19 bits per heavy atom. The van der Waals surface area contributed by atoms with Crippen molar-refractivity contribution in [1.29, 1.82) is 0 Å². The molecule has 1 aliphatic heterocycles. The fourth-order valence-electron chi connectivity index (χ4n) is 4.17. The van der Waals surface area contributed by atoms with Crippen molar-refractivity contribution in [2.24, 2.45) is 0 Å². The van der Waals surface area contributed by atoms with Gasteiger partial charge in [0.15, 0.2) is 0 Å². The zero-order valence-corrected chi connectivity index (χ0v) is 18.3. The number of benzene rings is 2. The van der Waals surface area contributed by atoms with Gasteiger partial charge in [-0.15, -0.1) is 0 Å². The summed E-state index contributed by atoms with van der Waals surface area (Å²) in [7, 11) is -3.65. The monoisotopic (exact) mass is 444 g/mol. The van der Waals surface area contributed by atoms with E-state index in [1.54, 1.807) is 34.9 Å². The van der Waals surface area contributed by atoms with Gasteiger partial charge in [-0.25, -0.2) is 12.8 Å². The minimum atomic E-state index is -3.65. The number of halogens is 1. The normalized spacial score (nSPS) is 17.5. The average Bonchev–Trinajstić information content (AvgIpc) is 3.34. The maximum absolute atomic E-state index is 13.9. The molecule has 4 rings (SSSR count). The summed E-state index contributed by atoms with van der Waals surface area (Å²) in [6.45, 7) is 4.68. The van der Waals surface area contributed by atoms with Crippen LogP contribution in [0.15, 0.2) is 53.6 Å². The first-order chi connectivity index (χ1) is 14.8. The number of fused-ring (bicyclic) bond motifs is 1. The molecular weight excluding hydrogens is 419 g/mol. The standard InChI is InChI=1S/C23H25FN2O4S/c1-16(2)30-19-4-6-20(7-5-19)31(28,29)26-10-9-17(14-26)22-15-25(11-12-27)23-8-3-18(24)13-21(22)23/h3-8,12-13,15-17H,9-11,14H2,1-2H3. The summed E-state index contributed by atoms with van der Waals surface area (Å²) in [6.07, 6.45) is 3.28. The third kappa shape index (κ3) is 4.22. The van der Waals surface area contributed by atoms with E-state index in [1.807, 2.05) is 20.0 Å². The van der Waals surface area contributed by atoms with Gasteiger partial charge in [-0.05, 0) is 68.3 Å². The Morgan fingerprint density at radius 2 is 1.94 bits per heavy atom. The van der Waals surface area contributed by atoms with Crippen LogP contribution >= 0.6 is 0 Å². The molecule has 1 atom stereocenters. The summed E-state index contributed by atoms with van der Waals surface area (Å²) >= 11 is 0. The molecule has 6 nitrogen and oxygen atoms in total. The topological polar surface area (TPSA) is 68.6 Å². The lowest BCUT2D eigenvalue weighted by Gasteiger charge is -2.17. The molecule has 1 unspecified atom stereocenters. The Kier molecular flexibility index (Phi) is 5.85. The Morgan fingerprint density at radius 3 is 2.61 bits per heavy atom. The highest BCUT2D eigenvalue weighted by atomic mass is 32.2. The third-order valence-electron chi connectivity index (χ3n) is 5.57. The molecule has 1 fully saturated rings. The largest absolute Gasteiger partial charge is 0.491 e. The van der Waals surface area contributed by atoms with Gasteiger partial charge in [-0.2, -0.15) is 4.31 Å². The van der Waals surface area contributed by atoms with Crippen molar-refractivity contribution < 1.29 is 22.3 Å². The highest BCUT2D eigenvalue weighted by Crippen LogP contribution is 2.36. The van der Waals surface area contributed by atoms with Crippen LogP contribution in [0.3, 0.4) is 0 Å². The molecule has 0 aliphatic carbocycles. The molecule has 0 saturated carbocycles. The van der Waals surface area contributed by atoms with E-state index in [4.69, 9.17) is 4.74 Å². The first-order valence-corrected chi connectivity index (χ1v) is 11.7. The molecule has 164 valence electrons. The van der Waals surface area contributed by atoms with Crippen LogP contribution in [0.4, 0.5) is 4.39 Å². The molecule has 0 radical (unpaired) electrons. The molecule has 1 aromatic heterocycles. The molecule has 2 aromatic carbocycles. The van der Waals surface area contributed by atoms with Gasteiger partial charge in [-0.3, -0.25) is 0 Å². The third-order valence-corrected chi connectivity index (χ3v) is 7.45. The zero-order chi connectivity index (χ0) is 22.2. The van der Waals surface area contributed by atoms with Crippen molar-refractivity contribution in [1.82, 2.24) is 8.87 Å². The second kappa shape index (κ2) is 8.43. The second-order valence-electron chi connectivity index (χ2n) is 8.05. The smallest absolute Gasteiger partial charge is 0.243 e. The zero-order valence-electron chi connectivity index (χ0n) is 17.5. The van der Waals surface area contributed by atoms with Gasteiger partial charge < -0.3 is 14.1 Å². The summed E-state index contributed by atoms with van der Waals surface area (Å²) in [6, 6.07) is 10.9. The lowest BCUT2D eigenvalue weighted by Crippen LogP contribution is -2.28. The SMILES string of the molecule is CC(C)Oc1ccc(S(=O)(=O)N2CCC(c3cn(CC=O)c4ccc(F)cc34)C2)cc1. The minimum Gasteiger partial charge on any atom is -0.491 e. The van der Waals surface area contributed by atoms with E-state index in [1.165, 1.54) is 16.4 Å². The molecule has 0 N–H and O–H groups in total. The fourth-order valence-corrected chi connectivity index (χ4v) is 5.67. The van der Waals surface area contributed by atoms with Gasteiger partial charge in [0.05, 0.1) is 17.5 Å². The molecule has 0 amide bonds. The van der Waals surface area contributed by atoms with Gasteiger partial charge in [0.1, 0.15) is 17.9 Å². The van der Waals surface area contributed by atoms with E-state index in [9.17, 15) is 17.6 Å². The lowest BCUT2D eigenvalue weighted by atomic mass is 9.98. The van der Waals surface area contributed by atoms with E-state index in [0.717, 1.165) is 22.8 Å². The molecule has 1 saturated heterocycles. The summed E-state index contributed by atoms with van der Waals surface area (Å²) in [4.78, 5) is 11.3. The van der Waals surface area contributed by atoms with Gasteiger partial charge >= 0.3 is 0 Å². The van der Waals surface area contributed by atoms with Gasteiger partial charge in [0, 0.05) is 36.1 Å². The van der Waals surface area contributed by atoms with Crippen LogP contribution in [0, 0.1) is 5.82 Å². The summed E-state index contributed by atoms with van der Waals surface area (Å²) in [5, 5.41) is 0.723. The van der Waals surface area contributed by atoms with Crippen LogP contribution in [-0.2, 0) is 21.4 Å².